The van der Waals surface area contributed by atoms with E-state index in [2.05, 4.69) is 43.8 Å². The van der Waals surface area contributed by atoms with Crippen molar-refractivity contribution < 1.29 is 47.5 Å². The van der Waals surface area contributed by atoms with Crippen LogP contribution in [0.1, 0.15) is 85.5 Å². The number of methoxy groups -OCH3 is 3. The summed E-state index contributed by atoms with van der Waals surface area (Å²) in [7, 11) is 9.14. The van der Waals surface area contributed by atoms with E-state index in [1.807, 2.05) is 26.0 Å². The first-order valence-corrected chi connectivity index (χ1v) is 23.6. The molecule has 19 atom stereocenters. The van der Waals surface area contributed by atoms with E-state index in [0.717, 1.165) is 56.2 Å². The second-order valence-electron chi connectivity index (χ2n) is 19.1. The monoisotopic (exact) mass is 890 g/mol. The lowest BCUT2D eigenvalue weighted by Gasteiger charge is -2.44. The van der Waals surface area contributed by atoms with Gasteiger partial charge in [0.2, 0.25) is 0 Å². The van der Waals surface area contributed by atoms with Gasteiger partial charge in [0.15, 0.2) is 18.4 Å². The van der Waals surface area contributed by atoms with Gasteiger partial charge in [-0.25, -0.2) is 0 Å². The van der Waals surface area contributed by atoms with Crippen LogP contribution in [0.2, 0.25) is 10.0 Å². The normalized spacial score (nSPS) is 44.0. The Labute approximate surface area is 372 Å². The lowest BCUT2D eigenvalue weighted by molar-refractivity contribution is -0.314. The largest absolute Gasteiger partial charge is 0.462 e. The zero-order valence-corrected chi connectivity index (χ0v) is 38.9. The molecule has 0 radical (unpaired) electrons. The summed E-state index contributed by atoms with van der Waals surface area (Å²) in [5.74, 6) is -0.487. The van der Waals surface area contributed by atoms with Crippen LogP contribution in [0.15, 0.2) is 29.8 Å². The minimum atomic E-state index is -0.656. The van der Waals surface area contributed by atoms with Crippen LogP contribution >= 0.6 is 23.2 Å². The van der Waals surface area contributed by atoms with Crippen LogP contribution in [0, 0.1) is 35.5 Å². The highest BCUT2D eigenvalue weighted by Crippen LogP contribution is 2.65. The number of Topliss-reactive ketones (excluding diaryl/α,β-unsaturated/α-hetero) is 1. The molecule has 4 heterocycles. The highest BCUT2D eigenvalue weighted by molar-refractivity contribution is 6.36. The maximum absolute atomic E-state index is 15.2. The highest BCUT2D eigenvalue weighted by atomic mass is 35.5. The summed E-state index contributed by atoms with van der Waals surface area (Å²) in [6, 6.07) is 6.19. The van der Waals surface area contributed by atoms with E-state index in [0.29, 0.717) is 22.5 Å². The zero-order chi connectivity index (χ0) is 43.4. The molecule has 6 fully saturated rings. The topological polar surface area (TPSA) is 114 Å². The molecule has 0 bridgehead atoms. The quantitative estimate of drug-likeness (QED) is 0.171. The Hall–Kier alpha value is -1.84. The van der Waals surface area contributed by atoms with Gasteiger partial charge in [0, 0.05) is 44.2 Å². The van der Waals surface area contributed by atoms with Gasteiger partial charge in [0.05, 0.1) is 53.6 Å². The molecule has 12 nitrogen and oxygen atoms in total. The molecule has 1 aromatic rings. The zero-order valence-electron chi connectivity index (χ0n) is 37.4. The second kappa shape index (κ2) is 18.9. The number of carbonyl (C=O) groups excluding carboxylic acids is 2. The van der Waals surface area contributed by atoms with Crippen LogP contribution in [0.25, 0.3) is 0 Å². The minimum absolute atomic E-state index is 0.00723. The number of halogens is 2. The summed E-state index contributed by atoms with van der Waals surface area (Å²) < 4.78 is 50.5. The van der Waals surface area contributed by atoms with Crippen molar-refractivity contribution in [3.63, 3.8) is 0 Å². The van der Waals surface area contributed by atoms with Gasteiger partial charge in [-0.2, -0.15) is 0 Å². The van der Waals surface area contributed by atoms with Crippen molar-refractivity contribution in [1.82, 2.24) is 4.90 Å². The molecule has 0 spiro atoms. The molecule has 8 rings (SSSR count). The van der Waals surface area contributed by atoms with Gasteiger partial charge in [-0.3, -0.25) is 9.59 Å². The van der Waals surface area contributed by atoms with Gasteiger partial charge in [-0.05, 0) is 127 Å². The van der Waals surface area contributed by atoms with Crippen molar-refractivity contribution in [2.75, 3.05) is 40.3 Å². The van der Waals surface area contributed by atoms with E-state index in [-0.39, 0.29) is 109 Å². The van der Waals surface area contributed by atoms with Crippen LogP contribution < -0.4 is 4.90 Å². The molecule has 340 valence electrons. The Morgan fingerprint density at radius 1 is 0.852 bits per heavy atom. The number of carbonyl (C=O) groups is 2. The fourth-order valence-electron chi connectivity index (χ4n) is 12.7. The molecule has 14 heteroatoms. The molecule has 0 aromatic heterocycles. The Kier molecular flexibility index (Phi) is 14.2. The molecule has 4 aliphatic heterocycles. The second-order valence-corrected chi connectivity index (χ2v) is 19.9. The molecule has 3 aliphatic carbocycles. The van der Waals surface area contributed by atoms with E-state index in [1.54, 1.807) is 27.4 Å². The number of hydrogen-bond donors (Lipinski definition) is 0. The summed E-state index contributed by atoms with van der Waals surface area (Å²) in [5, 5.41) is 1.16. The third-order valence-corrected chi connectivity index (χ3v) is 16.1. The fraction of sp³-hybridized carbons (Fsp3) is 0.787. The first-order chi connectivity index (χ1) is 29.3. The molecule has 7 aliphatic rings. The number of ketones is 1. The maximum atomic E-state index is 15.2. The molecule has 61 heavy (non-hydrogen) atoms. The summed E-state index contributed by atoms with van der Waals surface area (Å²) in [6.45, 7) is 8.17. The molecular weight excluding hydrogens is 823 g/mol. The third-order valence-electron chi connectivity index (χ3n) is 15.6. The van der Waals surface area contributed by atoms with Gasteiger partial charge in [0.25, 0.3) is 0 Å². The number of rotatable bonds is 10. The Balaban J connectivity index is 1.12. The summed E-state index contributed by atoms with van der Waals surface area (Å²) >= 11 is 13.4. The van der Waals surface area contributed by atoms with E-state index >= 15 is 4.79 Å². The van der Waals surface area contributed by atoms with Crippen molar-refractivity contribution in [2.24, 2.45) is 35.5 Å². The number of fused-ring (bicyclic) bond motifs is 8. The van der Waals surface area contributed by atoms with Crippen LogP contribution in [0.3, 0.4) is 0 Å². The van der Waals surface area contributed by atoms with Crippen molar-refractivity contribution in [3.8, 4) is 0 Å². The molecule has 4 saturated heterocycles. The van der Waals surface area contributed by atoms with Gasteiger partial charge < -0.3 is 47.7 Å². The molecule has 2 saturated carbocycles. The molecule has 1 aromatic carbocycles. The summed E-state index contributed by atoms with van der Waals surface area (Å²) in [4.78, 5) is 33.9. The lowest BCUT2D eigenvalue weighted by atomic mass is 9.66. The number of cyclic esters (lactones) is 1. The number of ether oxygens (including phenoxy) is 8. The van der Waals surface area contributed by atoms with Crippen LogP contribution in [-0.4, -0.2) is 132 Å². The first-order valence-electron chi connectivity index (χ1n) is 22.8. The number of benzene rings is 1. The van der Waals surface area contributed by atoms with Gasteiger partial charge >= 0.3 is 5.97 Å². The van der Waals surface area contributed by atoms with Crippen LogP contribution in [0.4, 0.5) is 5.69 Å². The lowest BCUT2D eigenvalue weighted by Crippen LogP contribution is -2.59. The Morgan fingerprint density at radius 3 is 2.26 bits per heavy atom. The van der Waals surface area contributed by atoms with Crippen molar-refractivity contribution in [2.45, 2.75) is 165 Å². The highest BCUT2D eigenvalue weighted by Gasteiger charge is 2.69. The van der Waals surface area contributed by atoms with E-state index in [4.69, 9.17) is 61.1 Å². The Bertz CT molecular complexity index is 1770. The fourth-order valence-corrected chi connectivity index (χ4v) is 13.2. The van der Waals surface area contributed by atoms with E-state index < -0.39 is 18.3 Å². The predicted octanol–water partition coefficient (Wildman–Crippen LogP) is 7.50. The Morgan fingerprint density at radius 2 is 1.59 bits per heavy atom. The van der Waals surface area contributed by atoms with Gasteiger partial charge in [-0.1, -0.05) is 43.1 Å². The number of esters is 1. The molecule has 0 amide bonds. The molecule has 0 N–H and O–H groups in total. The third kappa shape index (κ3) is 8.83. The van der Waals surface area contributed by atoms with E-state index in [1.165, 1.54) is 0 Å². The maximum Gasteiger partial charge on any atom is 0.306 e. The van der Waals surface area contributed by atoms with Crippen molar-refractivity contribution in [3.05, 3.63) is 39.9 Å². The van der Waals surface area contributed by atoms with Gasteiger partial charge in [-0.15, -0.1) is 0 Å². The predicted molar refractivity (Wildman–Crippen MR) is 232 cm³/mol. The standard InChI is InChI=1S/C47H68Cl2N2O10/c1-10-27-12-11-13-37(61-39-17-16-35(50(5)6)24(3)57-39)23(2)43(53)33-21-30-29-19-28(60-47-46(56-9)45(55-8)44(54-7)25(4)58-47)20-32(29)41-42(40(30)31(33)22-38(52)59-27)51(41)36-15-14-26(48)18-34(36)49/h14-15,18,21,23-25,27-32,35,37,39-42,44-47H,10-13,16-17,19-20,22H2,1-9H3/t23-,24-,25+,27+,28+,29+,30+,31-,32-,35+,37+,39+,40-,41+,42-,44+,45-,46-,47+,51?/m1/s1. The number of hydrogen-bond acceptors (Lipinski definition) is 12. The molecule has 0 unspecified atom stereocenters. The van der Waals surface area contributed by atoms with Crippen molar-refractivity contribution in [1.29, 1.82) is 0 Å². The number of likely N-dealkylation sites (N-methyl/N-ethyl adjacent to an activating group) is 1. The summed E-state index contributed by atoms with van der Waals surface area (Å²) in [5.41, 5.74) is 1.66. The average Bonchev–Trinajstić information content (AvgIpc) is 3.60. The number of anilines is 1. The smallest absolute Gasteiger partial charge is 0.306 e. The van der Waals surface area contributed by atoms with Crippen LogP contribution in [0.5, 0.6) is 0 Å². The van der Waals surface area contributed by atoms with Crippen LogP contribution in [-0.2, 0) is 47.5 Å². The number of allylic oxidation sites excluding steroid dienone is 2. The summed E-state index contributed by atoms with van der Waals surface area (Å²) in [6.07, 6.45) is 5.43. The SMILES string of the molecule is CC[C@H]1CCC[C@H](O[C@H]2CC[C@H](N(C)C)[C@@H](C)O2)[C@@H](C)C(=O)C2=C[C@H]3[C@@H]4C[C@H](O[C@@H]5O[C@@H](C)[C@H](OC)[C@@H](OC)[C@H]5OC)C[C@H]4[C@H]4[C@@H]([C@H]3[C@@H]2CC(=O)O1)N4c1ccc(Cl)cc1Cl. The average molecular weight is 892 g/mol. The van der Waals surface area contributed by atoms with Crippen molar-refractivity contribution >= 4 is 40.6 Å². The molecular formula is C47H68Cl2N2O10. The number of nitrogens with zero attached hydrogens (tertiary/aromatic N) is 2. The first kappa shape index (κ1) is 45.7. The minimum Gasteiger partial charge on any atom is -0.462 e. The van der Waals surface area contributed by atoms with Gasteiger partial charge in [0.1, 0.15) is 24.4 Å². The van der Waals surface area contributed by atoms with E-state index in [9.17, 15) is 4.79 Å².